The number of methoxy groups -OCH3 is 1. The fraction of sp³-hybridized carbons (Fsp3) is 0.158. The first-order valence-corrected chi connectivity index (χ1v) is 8.70. The van der Waals surface area contributed by atoms with Crippen LogP contribution in [-0.4, -0.2) is 32.2 Å². The summed E-state index contributed by atoms with van der Waals surface area (Å²) in [6.07, 6.45) is 2.50. The van der Waals surface area contributed by atoms with Crippen molar-refractivity contribution in [2.45, 2.75) is 6.61 Å². The lowest BCUT2D eigenvalue weighted by molar-refractivity contribution is -0.142. The van der Waals surface area contributed by atoms with E-state index in [9.17, 15) is 18.4 Å². The molecule has 0 radical (unpaired) electrons. The molecular weight excluding hydrogens is 440 g/mol. The number of carbonyl (C=O) groups is 2. The topological polar surface area (TPSA) is 73.9 Å². The maximum Gasteiger partial charge on any atom is 0.387 e. The van der Waals surface area contributed by atoms with Crippen LogP contribution in [0.25, 0.3) is 6.08 Å². The summed E-state index contributed by atoms with van der Waals surface area (Å²) < 4.78 is 39.6. The van der Waals surface area contributed by atoms with Crippen LogP contribution >= 0.6 is 15.9 Å². The Labute approximate surface area is 168 Å². The summed E-state index contributed by atoms with van der Waals surface area (Å²) in [7, 11) is 1.30. The minimum absolute atomic E-state index is 0.0872. The van der Waals surface area contributed by atoms with E-state index in [4.69, 9.17) is 9.47 Å². The normalized spacial score (nSPS) is 10.8. The summed E-state index contributed by atoms with van der Waals surface area (Å²) in [5, 5.41) is 2.59. The van der Waals surface area contributed by atoms with Gasteiger partial charge in [-0.1, -0.05) is 28.1 Å². The Morgan fingerprint density at radius 1 is 1.18 bits per heavy atom. The molecule has 9 heteroatoms. The third-order valence-electron chi connectivity index (χ3n) is 3.27. The van der Waals surface area contributed by atoms with Gasteiger partial charge in [0, 0.05) is 16.2 Å². The molecule has 0 aliphatic rings. The van der Waals surface area contributed by atoms with Gasteiger partial charge in [0.2, 0.25) is 0 Å². The second kappa shape index (κ2) is 10.4. The molecule has 0 unspecified atom stereocenters. The second-order valence-electron chi connectivity index (χ2n) is 5.29. The highest BCUT2D eigenvalue weighted by atomic mass is 79.9. The molecule has 28 heavy (non-hydrogen) atoms. The number of halogens is 3. The second-order valence-corrected chi connectivity index (χ2v) is 6.20. The highest BCUT2D eigenvalue weighted by Crippen LogP contribution is 2.29. The van der Waals surface area contributed by atoms with E-state index in [1.807, 2.05) is 6.07 Å². The molecule has 0 fully saturated rings. The lowest BCUT2D eigenvalue weighted by Gasteiger charge is -2.10. The van der Waals surface area contributed by atoms with Crippen molar-refractivity contribution in [2.24, 2.45) is 0 Å². The van der Waals surface area contributed by atoms with E-state index in [1.165, 1.54) is 31.4 Å². The van der Waals surface area contributed by atoms with Crippen LogP contribution in [0.15, 0.2) is 53.0 Å². The molecule has 0 saturated heterocycles. The van der Waals surface area contributed by atoms with E-state index in [-0.39, 0.29) is 11.5 Å². The van der Waals surface area contributed by atoms with E-state index in [0.29, 0.717) is 11.3 Å². The predicted molar refractivity (Wildman–Crippen MR) is 102 cm³/mol. The minimum atomic E-state index is -2.98. The summed E-state index contributed by atoms with van der Waals surface area (Å²) in [6, 6.07) is 11.1. The van der Waals surface area contributed by atoms with Gasteiger partial charge in [0.05, 0.1) is 7.11 Å². The zero-order chi connectivity index (χ0) is 20.5. The maximum absolute atomic E-state index is 12.3. The van der Waals surface area contributed by atoms with Crippen LogP contribution in [0, 0.1) is 0 Å². The number of hydrogen-bond acceptors (Lipinski definition) is 5. The number of ether oxygens (including phenoxy) is 3. The Bertz CT molecular complexity index is 873. The Morgan fingerprint density at radius 3 is 2.64 bits per heavy atom. The third-order valence-corrected chi connectivity index (χ3v) is 3.76. The molecule has 1 N–H and O–H groups in total. The molecule has 0 aliphatic carbocycles. The van der Waals surface area contributed by atoms with E-state index in [0.717, 1.165) is 10.5 Å². The van der Waals surface area contributed by atoms with Gasteiger partial charge in [-0.15, -0.1) is 0 Å². The molecule has 0 aromatic heterocycles. The maximum atomic E-state index is 12.3. The van der Waals surface area contributed by atoms with Crippen molar-refractivity contribution in [3.63, 3.8) is 0 Å². The molecule has 148 valence electrons. The third kappa shape index (κ3) is 6.99. The summed E-state index contributed by atoms with van der Waals surface area (Å²) in [4.78, 5) is 23.5. The number of anilines is 1. The molecule has 0 bridgehead atoms. The van der Waals surface area contributed by atoms with E-state index >= 15 is 0 Å². The number of hydrogen-bond donors (Lipinski definition) is 1. The van der Waals surface area contributed by atoms with Crippen LogP contribution in [0.4, 0.5) is 14.5 Å². The molecule has 2 rings (SSSR count). The highest BCUT2D eigenvalue weighted by Gasteiger charge is 2.11. The number of nitrogens with one attached hydrogen (secondary N) is 1. The molecule has 0 atom stereocenters. The molecule has 2 aromatic carbocycles. The van der Waals surface area contributed by atoms with Gasteiger partial charge in [0.25, 0.3) is 5.91 Å². The number of rotatable bonds is 8. The van der Waals surface area contributed by atoms with Crippen molar-refractivity contribution < 1.29 is 32.6 Å². The van der Waals surface area contributed by atoms with Crippen molar-refractivity contribution in [3.05, 3.63) is 58.6 Å². The van der Waals surface area contributed by atoms with Crippen LogP contribution in [0.1, 0.15) is 5.56 Å². The molecule has 0 spiro atoms. The smallest absolute Gasteiger partial charge is 0.387 e. The van der Waals surface area contributed by atoms with Crippen molar-refractivity contribution in [1.82, 2.24) is 0 Å². The van der Waals surface area contributed by atoms with Crippen LogP contribution in [0.2, 0.25) is 0 Å². The lowest BCUT2D eigenvalue weighted by Crippen LogP contribution is -2.20. The largest absolute Gasteiger partial charge is 0.493 e. The van der Waals surface area contributed by atoms with Crippen molar-refractivity contribution in [3.8, 4) is 11.5 Å². The molecule has 0 saturated carbocycles. The first-order chi connectivity index (χ1) is 13.4. The highest BCUT2D eigenvalue weighted by molar-refractivity contribution is 9.10. The van der Waals surface area contributed by atoms with E-state index < -0.39 is 25.1 Å². The quantitative estimate of drug-likeness (QED) is 0.475. The van der Waals surface area contributed by atoms with E-state index in [1.54, 1.807) is 18.2 Å². The standard InChI is InChI=1S/C19H16BrF2NO5/c1-26-16-9-12(5-7-15(16)28-19(21)22)6-8-18(25)27-11-17(24)23-14-4-2-3-13(20)10-14/h2-10,19H,11H2,1H3,(H,23,24). The molecule has 2 aromatic rings. The zero-order valence-corrected chi connectivity index (χ0v) is 16.2. The summed E-state index contributed by atoms with van der Waals surface area (Å²) in [6.45, 7) is -3.44. The van der Waals surface area contributed by atoms with Crippen LogP contribution in [0.3, 0.4) is 0 Å². The number of amides is 1. The van der Waals surface area contributed by atoms with Gasteiger partial charge in [-0.2, -0.15) is 8.78 Å². The molecular formula is C19H16BrF2NO5. The summed E-state index contributed by atoms with van der Waals surface area (Å²) >= 11 is 3.28. The summed E-state index contributed by atoms with van der Waals surface area (Å²) in [5.74, 6) is -1.27. The van der Waals surface area contributed by atoms with Crippen molar-refractivity contribution in [1.29, 1.82) is 0 Å². The van der Waals surface area contributed by atoms with Crippen LogP contribution in [-0.2, 0) is 14.3 Å². The number of benzene rings is 2. The average Bonchev–Trinajstić information content (AvgIpc) is 2.65. The molecule has 0 aliphatic heterocycles. The SMILES string of the molecule is COc1cc(C=CC(=O)OCC(=O)Nc2cccc(Br)c2)ccc1OC(F)F. The van der Waals surface area contributed by atoms with Crippen LogP contribution < -0.4 is 14.8 Å². The van der Waals surface area contributed by atoms with Crippen molar-refractivity contribution in [2.75, 3.05) is 19.0 Å². The Morgan fingerprint density at radius 2 is 1.96 bits per heavy atom. The van der Waals surface area contributed by atoms with Gasteiger partial charge in [-0.3, -0.25) is 4.79 Å². The lowest BCUT2D eigenvalue weighted by atomic mass is 10.2. The minimum Gasteiger partial charge on any atom is -0.493 e. The van der Waals surface area contributed by atoms with Crippen molar-refractivity contribution >= 4 is 39.6 Å². The molecule has 1 amide bonds. The van der Waals surface area contributed by atoms with Gasteiger partial charge in [0.15, 0.2) is 18.1 Å². The average molecular weight is 456 g/mol. The van der Waals surface area contributed by atoms with Gasteiger partial charge < -0.3 is 19.5 Å². The van der Waals surface area contributed by atoms with Gasteiger partial charge >= 0.3 is 12.6 Å². The fourth-order valence-corrected chi connectivity index (χ4v) is 2.49. The van der Waals surface area contributed by atoms with Gasteiger partial charge in [-0.05, 0) is 42.0 Å². The molecule has 0 heterocycles. The van der Waals surface area contributed by atoms with E-state index in [2.05, 4.69) is 26.0 Å². The Kier molecular flexibility index (Phi) is 7.94. The number of carbonyl (C=O) groups excluding carboxylic acids is 2. The zero-order valence-electron chi connectivity index (χ0n) is 14.7. The van der Waals surface area contributed by atoms with Gasteiger partial charge in [-0.25, -0.2) is 4.79 Å². The Hall–Kier alpha value is -2.94. The van der Waals surface area contributed by atoms with Gasteiger partial charge in [0.1, 0.15) is 0 Å². The fourth-order valence-electron chi connectivity index (χ4n) is 2.09. The summed E-state index contributed by atoms with van der Waals surface area (Å²) in [5.41, 5.74) is 1.05. The predicted octanol–water partition coefficient (Wildman–Crippen LogP) is 4.25. The first kappa shape index (κ1) is 21.4. The van der Waals surface area contributed by atoms with Crippen LogP contribution in [0.5, 0.6) is 11.5 Å². The monoisotopic (exact) mass is 455 g/mol. The molecule has 6 nitrogen and oxygen atoms in total. The Balaban J connectivity index is 1.88. The number of esters is 1. The number of alkyl halides is 2. The first-order valence-electron chi connectivity index (χ1n) is 7.90.